The number of aromatic nitrogens is 5. The van der Waals surface area contributed by atoms with Crippen LogP contribution in [0, 0.1) is 0 Å². The molecule has 11 aromatic carbocycles. The highest BCUT2D eigenvalue weighted by atomic mass is 127. The molecule has 0 spiro atoms. The monoisotopic (exact) mass is 1110 g/mol. The zero-order valence-electron chi connectivity index (χ0n) is 41.9. The summed E-state index contributed by atoms with van der Waals surface area (Å²) < 4.78 is 11.9. The van der Waals surface area contributed by atoms with E-state index < -0.39 is 6.29 Å². The minimum Gasteiger partial charge on any atom is -0.330 e. The van der Waals surface area contributed by atoms with Crippen LogP contribution in [0.5, 0.6) is 0 Å². The van der Waals surface area contributed by atoms with Gasteiger partial charge in [0.1, 0.15) is 5.84 Å². The van der Waals surface area contributed by atoms with Crippen molar-refractivity contribution in [3.8, 4) is 17.1 Å². The van der Waals surface area contributed by atoms with Crippen molar-refractivity contribution in [2.75, 3.05) is 0 Å². The summed E-state index contributed by atoms with van der Waals surface area (Å²) in [4.78, 5) is 11.3. The largest absolute Gasteiger partial charge is 0.330 e. The molecule has 368 valence electrons. The molecule has 0 aliphatic carbocycles. The van der Waals surface area contributed by atoms with Gasteiger partial charge in [-0.1, -0.05) is 170 Å². The first-order valence-corrected chi connectivity index (χ1v) is 26.3. The summed E-state index contributed by atoms with van der Waals surface area (Å²) in [7, 11) is 0. The molecule has 0 radical (unpaired) electrons. The van der Waals surface area contributed by atoms with Gasteiger partial charge in [0.25, 0.3) is 0 Å². The van der Waals surface area contributed by atoms with E-state index in [2.05, 4.69) is 283 Å². The van der Waals surface area contributed by atoms with Gasteiger partial charge in [-0.3, -0.25) is 9.13 Å². The molecule has 1 N–H and O–H groups in total. The predicted octanol–water partition coefficient (Wildman–Crippen LogP) is 17.2. The van der Waals surface area contributed by atoms with Crippen LogP contribution in [-0.2, 0) is 0 Å². The molecule has 0 saturated carbocycles. The van der Waals surface area contributed by atoms with Gasteiger partial charge >= 0.3 is 0 Å². The molecule has 1 atom stereocenters. The number of hydrogen-bond donors (Lipinski definition) is 1. The topological polar surface area (TPSA) is 61.4 Å². The van der Waals surface area contributed by atoms with Crippen LogP contribution in [0.1, 0.15) is 11.9 Å². The molecule has 0 amide bonds. The molecule has 0 saturated heterocycles. The second-order valence-corrected chi connectivity index (χ2v) is 20.2. The number of para-hydroxylation sites is 7. The zero-order chi connectivity index (χ0) is 50.3. The van der Waals surface area contributed by atoms with Gasteiger partial charge < -0.3 is 19.0 Å². The number of fused-ring (bicyclic) bond motifs is 16. The van der Waals surface area contributed by atoms with E-state index in [0.717, 1.165) is 88.8 Å². The Kier molecular flexibility index (Phi) is 9.80. The van der Waals surface area contributed by atoms with E-state index in [4.69, 9.17) is 9.98 Å². The number of hydrogen-bond acceptors (Lipinski definition) is 3. The molecule has 5 aromatic heterocycles. The molecule has 1 aliphatic heterocycles. The fourth-order valence-corrected chi connectivity index (χ4v) is 12.9. The molecular formula is C69H45IN8. The molecule has 8 nitrogen and oxygen atoms in total. The lowest BCUT2D eigenvalue weighted by molar-refractivity contribution is 0.514. The second-order valence-electron chi connectivity index (χ2n) is 20.2. The van der Waals surface area contributed by atoms with Gasteiger partial charge in [-0.05, 0) is 84.9 Å². The summed E-state index contributed by atoms with van der Waals surface area (Å²) in [5, 5.41) is 15.7. The predicted molar refractivity (Wildman–Crippen MR) is 335 cm³/mol. The Hall–Kier alpha value is -9.71. The summed E-state index contributed by atoms with van der Waals surface area (Å²) in [5.41, 5.74) is 15.5. The van der Waals surface area contributed by atoms with Crippen LogP contribution >= 0.6 is 24.0 Å². The Labute approximate surface area is 463 Å². The summed E-state index contributed by atoms with van der Waals surface area (Å²) in [5.74, 6) is 1.35. The smallest absolute Gasteiger partial charge is 0.235 e. The summed E-state index contributed by atoms with van der Waals surface area (Å²) in [6, 6.07) is 92.0. The third kappa shape index (κ3) is 6.33. The Morgan fingerprint density at radius 1 is 0.308 bits per heavy atom. The van der Waals surface area contributed by atoms with E-state index in [1.165, 1.54) is 48.7 Å². The third-order valence-corrected chi connectivity index (χ3v) is 16.1. The molecule has 6 heterocycles. The van der Waals surface area contributed by atoms with Gasteiger partial charge in [-0.25, -0.2) is 4.99 Å². The maximum atomic E-state index is 5.80. The summed E-state index contributed by atoms with van der Waals surface area (Å²) in [6.45, 7) is 0. The van der Waals surface area contributed by atoms with E-state index in [1.54, 1.807) is 0 Å². The lowest BCUT2D eigenvalue weighted by atomic mass is 10.1. The number of rotatable bonds is 5. The Morgan fingerprint density at radius 2 is 0.731 bits per heavy atom. The zero-order valence-corrected chi connectivity index (χ0v) is 44.2. The van der Waals surface area contributed by atoms with E-state index in [0.29, 0.717) is 5.96 Å². The molecule has 16 aromatic rings. The number of nitrogens with one attached hydrogen (secondary N) is 1. The van der Waals surface area contributed by atoms with Crippen molar-refractivity contribution >= 4 is 145 Å². The van der Waals surface area contributed by atoms with Crippen LogP contribution < -0.4 is 5.32 Å². The highest BCUT2D eigenvalue weighted by molar-refractivity contribution is 14.0. The van der Waals surface area contributed by atoms with Crippen molar-refractivity contribution in [1.29, 1.82) is 0 Å². The Morgan fingerprint density at radius 3 is 1.32 bits per heavy atom. The molecule has 1 unspecified atom stereocenters. The highest BCUT2D eigenvalue weighted by Crippen LogP contribution is 2.44. The average molecular weight is 1110 g/mol. The molecule has 78 heavy (non-hydrogen) atoms. The highest BCUT2D eigenvalue weighted by Gasteiger charge is 2.29. The van der Waals surface area contributed by atoms with Crippen molar-refractivity contribution in [3.63, 3.8) is 0 Å². The molecule has 17 rings (SSSR count). The van der Waals surface area contributed by atoms with Crippen molar-refractivity contribution in [3.05, 3.63) is 260 Å². The number of benzene rings is 11. The molecule has 9 heteroatoms. The van der Waals surface area contributed by atoms with Crippen LogP contribution in [0.15, 0.2) is 265 Å². The van der Waals surface area contributed by atoms with Gasteiger partial charge in [-0.2, -0.15) is 4.99 Å². The SMILES string of the molecule is I.c1ccc(C2=NC(n3c4ccccc4c4cc5c(cc43)c3ccccc3n5-c3cccc(-n4c5ccccc5c5ccccc54)c3)=NC(n3c4ccccc4c4ccc5c(c6ccccc6n5-c5ccccc5)c43)N2)cc1. The molecule has 0 bridgehead atoms. The van der Waals surface area contributed by atoms with Crippen LogP contribution in [0.4, 0.5) is 0 Å². The number of halogens is 1. The maximum Gasteiger partial charge on any atom is 0.235 e. The lowest BCUT2D eigenvalue weighted by Gasteiger charge is -2.26. The van der Waals surface area contributed by atoms with E-state index in [9.17, 15) is 0 Å². The van der Waals surface area contributed by atoms with Gasteiger partial charge in [-0.15, -0.1) is 24.0 Å². The number of nitrogens with zero attached hydrogens (tertiary/aromatic N) is 7. The van der Waals surface area contributed by atoms with Crippen LogP contribution in [0.25, 0.3) is 126 Å². The van der Waals surface area contributed by atoms with E-state index >= 15 is 0 Å². The number of aliphatic imine (C=N–C) groups is 2. The quantitative estimate of drug-likeness (QED) is 0.172. The van der Waals surface area contributed by atoms with Gasteiger partial charge in [0.15, 0.2) is 0 Å². The lowest BCUT2D eigenvalue weighted by Crippen LogP contribution is -2.37. The molecule has 0 fully saturated rings. The normalized spacial score (nSPS) is 13.9. The van der Waals surface area contributed by atoms with Gasteiger partial charge in [0.2, 0.25) is 12.2 Å². The van der Waals surface area contributed by atoms with Crippen LogP contribution in [0.2, 0.25) is 0 Å². The van der Waals surface area contributed by atoms with Gasteiger partial charge in [0, 0.05) is 76.5 Å². The number of amidine groups is 1. The first kappa shape index (κ1) is 44.6. The summed E-state index contributed by atoms with van der Waals surface area (Å²) in [6.07, 6.45) is -0.590. The van der Waals surface area contributed by atoms with E-state index in [1.807, 2.05) is 0 Å². The summed E-state index contributed by atoms with van der Waals surface area (Å²) >= 11 is 0. The second kappa shape index (κ2) is 17.2. The standard InChI is InChI=1S/C69H44N8.HI/c1-3-20-43(21-4-1)67-70-68(72-69(71-67)77-60-36-17-9-28-49(60)52-38-39-62-65(66(52)77)53-31-12-18-37-61(53)73(62)44-22-5-2-6-23-44)76-59-35-16-11-30-51(59)55-41-63-54(42-64(55)76)50-29-10-15-34-58(50)75(63)46-25-19-24-45(40-46)74-56-32-13-7-26-47(56)48-27-8-14-33-57(48)74;/h1-42,69H,(H,70,71,72);1H. The molecular weight excluding hydrogens is 1070 g/mol. The Bertz CT molecular complexity index is 5150. The first-order chi connectivity index (χ1) is 38.2. The minimum atomic E-state index is -0.590. The van der Waals surface area contributed by atoms with Crippen molar-refractivity contribution in [1.82, 2.24) is 28.2 Å². The minimum absolute atomic E-state index is 0. The fourth-order valence-electron chi connectivity index (χ4n) is 12.9. The van der Waals surface area contributed by atoms with Crippen LogP contribution in [-0.4, -0.2) is 34.6 Å². The molecule has 1 aliphatic rings. The van der Waals surface area contributed by atoms with Gasteiger partial charge in [0.05, 0.1) is 55.2 Å². The fraction of sp³-hybridized carbons (Fsp3) is 0.0145. The van der Waals surface area contributed by atoms with Crippen molar-refractivity contribution < 1.29 is 0 Å². The Balaban J connectivity index is 0.00000509. The first-order valence-electron chi connectivity index (χ1n) is 26.3. The van der Waals surface area contributed by atoms with Crippen molar-refractivity contribution in [2.45, 2.75) is 6.29 Å². The maximum absolute atomic E-state index is 5.80. The van der Waals surface area contributed by atoms with Crippen LogP contribution in [0.3, 0.4) is 0 Å². The van der Waals surface area contributed by atoms with Crippen molar-refractivity contribution in [2.24, 2.45) is 9.98 Å². The third-order valence-electron chi connectivity index (χ3n) is 16.1. The average Bonchev–Trinajstić information content (AvgIpc) is 4.36. The van der Waals surface area contributed by atoms with E-state index in [-0.39, 0.29) is 24.0 Å².